The first-order valence-corrected chi connectivity index (χ1v) is 4.52. The zero-order valence-electron chi connectivity index (χ0n) is 6.94. The fraction of sp³-hybridized carbons (Fsp3) is 0.250. The van der Waals surface area contributed by atoms with Crippen LogP contribution in [0.5, 0.6) is 0 Å². The average Bonchev–Trinajstić information content (AvgIpc) is 1.96. The Morgan fingerprint density at radius 2 is 2.00 bits per heavy atom. The largest absolute Gasteiger partial charge is 0.397 e. The van der Waals surface area contributed by atoms with E-state index in [1.165, 1.54) is 6.07 Å². The molecule has 0 amide bonds. The Morgan fingerprint density at radius 3 is 2.50 bits per heavy atom. The molecule has 0 heterocycles. The topological polar surface area (TPSA) is 29.3 Å². The molecule has 2 N–H and O–H groups in total. The molecule has 0 aliphatic carbocycles. The van der Waals surface area contributed by atoms with Crippen LogP contribution in [0.2, 0.25) is 0 Å². The summed E-state index contributed by atoms with van der Waals surface area (Å²) in [4.78, 5) is 1.79. The van der Waals surface area contributed by atoms with Gasteiger partial charge in [-0.25, -0.2) is 4.39 Å². The molecule has 1 aromatic rings. The summed E-state index contributed by atoms with van der Waals surface area (Å²) >= 11 is 1.92. The molecule has 0 saturated carbocycles. The van der Waals surface area contributed by atoms with Gasteiger partial charge >= 0.3 is 0 Å². The minimum Gasteiger partial charge on any atom is -0.397 e. The molecule has 0 radical (unpaired) electrons. The highest BCUT2D eigenvalue weighted by Gasteiger charge is 2.06. The zero-order valence-corrected chi connectivity index (χ0v) is 9.09. The molecule has 0 aromatic heterocycles. The minimum atomic E-state index is -0.228. The molecule has 0 atom stereocenters. The predicted octanol–water partition coefficient (Wildman–Crippen LogP) is 2.08. The molecular weight excluding hydrogens is 270 g/mol. The fourth-order valence-corrected chi connectivity index (χ4v) is 1.43. The summed E-state index contributed by atoms with van der Waals surface area (Å²) in [6, 6.07) is 3.07. The van der Waals surface area contributed by atoms with Gasteiger partial charge in [0.2, 0.25) is 0 Å². The van der Waals surface area contributed by atoms with E-state index in [-0.39, 0.29) is 5.82 Å². The highest BCUT2D eigenvalue weighted by molar-refractivity contribution is 14.1. The van der Waals surface area contributed by atoms with Crippen molar-refractivity contribution in [3.05, 3.63) is 21.5 Å². The number of hydrogen-bond acceptors (Lipinski definition) is 2. The van der Waals surface area contributed by atoms with E-state index in [2.05, 4.69) is 0 Å². The first-order chi connectivity index (χ1) is 5.52. The monoisotopic (exact) mass is 280 g/mol. The summed E-state index contributed by atoms with van der Waals surface area (Å²) in [6.45, 7) is 0. The Morgan fingerprint density at radius 1 is 1.42 bits per heavy atom. The van der Waals surface area contributed by atoms with Gasteiger partial charge in [-0.2, -0.15) is 0 Å². The van der Waals surface area contributed by atoms with Crippen LogP contribution in [-0.2, 0) is 0 Å². The van der Waals surface area contributed by atoms with E-state index >= 15 is 0 Å². The molecule has 0 aliphatic heterocycles. The van der Waals surface area contributed by atoms with Crippen molar-refractivity contribution in [1.29, 1.82) is 0 Å². The van der Waals surface area contributed by atoms with E-state index in [1.54, 1.807) is 11.0 Å². The van der Waals surface area contributed by atoms with E-state index in [9.17, 15) is 4.39 Å². The first kappa shape index (κ1) is 9.57. The van der Waals surface area contributed by atoms with Gasteiger partial charge in [-0.05, 0) is 28.7 Å². The quantitative estimate of drug-likeness (QED) is 0.630. The van der Waals surface area contributed by atoms with Gasteiger partial charge in [-0.3, -0.25) is 0 Å². The lowest BCUT2D eigenvalue weighted by Crippen LogP contribution is -2.11. The van der Waals surface area contributed by atoms with Gasteiger partial charge in [0.25, 0.3) is 0 Å². The third-order valence-corrected chi connectivity index (χ3v) is 2.38. The van der Waals surface area contributed by atoms with Gasteiger partial charge in [-0.1, -0.05) is 0 Å². The van der Waals surface area contributed by atoms with Gasteiger partial charge in [0.05, 0.1) is 14.9 Å². The summed E-state index contributed by atoms with van der Waals surface area (Å²) in [5, 5.41) is 0. The van der Waals surface area contributed by atoms with Crippen LogP contribution in [0.3, 0.4) is 0 Å². The summed E-state index contributed by atoms with van der Waals surface area (Å²) in [5.41, 5.74) is 7.00. The second-order valence-electron chi connectivity index (χ2n) is 2.72. The molecule has 66 valence electrons. The Balaban J connectivity index is 3.23. The predicted molar refractivity (Wildman–Crippen MR) is 57.9 cm³/mol. The summed E-state index contributed by atoms with van der Waals surface area (Å²) in [6.07, 6.45) is 0. The summed E-state index contributed by atoms with van der Waals surface area (Å²) in [7, 11) is 3.66. The van der Waals surface area contributed by atoms with Crippen molar-refractivity contribution in [2.75, 3.05) is 24.7 Å². The van der Waals surface area contributed by atoms with Crippen molar-refractivity contribution in [3.8, 4) is 0 Å². The smallest absolute Gasteiger partial charge is 0.138 e. The van der Waals surface area contributed by atoms with Gasteiger partial charge in [0.15, 0.2) is 0 Å². The fourth-order valence-electron chi connectivity index (χ4n) is 0.939. The van der Waals surface area contributed by atoms with E-state index in [1.807, 2.05) is 36.7 Å². The molecule has 1 aromatic carbocycles. The number of benzene rings is 1. The highest BCUT2D eigenvalue weighted by Crippen LogP contribution is 2.25. The van der Waals surface area contributed by atoms with Crippen molar-refractivity contribution in [2.24, 2.45) is 0 Å². The Bertz CT molecular complexity index is 299. The highest BCUT2D eigenvalue weighted by atomic mass is 127. The zero-order chi connectivity index (χ0) is 9.30. The number of halogens is 2. The maximum atomic E-state index is 13.0. The minimum absolute atomic E-state index is 0.228. The molecule has 12 heavy (non-hydrogen) atoms. The number of nitrogen functional groups attached to an aromatic ring is 1. The maximum absolute atomic E-state index is 13.0. The Labute approximate surface area is 84.7 Å². The molecule has 2 nitrogen and oxygen atoms in total. The summed E-state index contributed by atoms with van der Waals surface area (Å²) < 4.78 is 13.6. The van der Waals surface area contributed by atoms with Gasteiger partial charge < -0.3 is 10.6 Å². The van der Waals surface area contributed by atoms with Crippen molar-refractivity contribution >= 4 is 34.0 Å². The lowest BCUT2D eigenvalue weighted by Gasteiger charge is -2.15. The molecule has 0 aliphatic rings. The lowest BCUT2D eigenvalue weighted by atomic mass is 10.2. The van der Waals surface area contributed by atoms with Gasteiger partial charge in [0, 0.05) is 20.2 Å². The molecule has 0 fully saturated rings. The number of rotatable bonds is 1. The second kappa shape index (κ2) is 3.47. The average molecular weight is 280 g/mol. The lowest BCUT2D eigenvalue weighted by molar-refractivity contribution is 0.620. The van der Waals surface area contributed by atoms with Gasteiger partial charge in [0.1, 0.15) is 5.82 Å². The van der Waals surface area contributed by atoms with Crippen LogP contribution < -0.4 is 10.6 Å². The molecule has 4 heteroatoms. The molecule has 0 bridgehead atoms. The van der Waals surface area contributed by atoms with E-state index in [0.29, 0.717) is 14.9 Å². The first-order valence-electron chi connectivity index (χ1n) is 3.44. The number of nitrogens with zero attached hydrogens (tertiary/aromatic N) is 1. The Hall–Kier alpha value is -0.520. The molecule has 0 spiro atoms. The van der Waals surface area contributed by atoms with Crippen molar-refractivity contribution < 1.29 is 4.39 Å². The Kier molecular flexibility index (Phi) is 2.76. The van der Waals surface area contributed by atoms with Crippen LogP contribution in [0.25, 0.3) is 0 Å². The maximum Gasteiger partial charge on any atom is 0.138 e. The third-order valence-electron chi connectivity index (χ3n) is 1.55. The van der Waals surface area contributed by atoms with Crippen LogP contribution in [0.1, 0.15) is 0 Å². The van der Waals surface area contributed by atoms with Crippen molar-refractivity contribution in [2.45, 2.75) is 0 Å². The molecule has 0 saturated heterocycles. The van der Waals surface area contributed by atoms with E-state index in [0.717, 1.165) is 0 Å². The van der Waals surface area contributed by atoms with Crippen LogP contribution in [0, 0.1) is 9.39 Å². The van der Waals surface area contributed by atoms with Crippen LogP contribution in [-0.4, -0.2) is 14.1 Å². The number of anilines is 2. The van der Waals surface area contributed by atoms with Crippen LogP contribution >= 0.6 is 22.6 Å². The van der Waals surface area contributed by atoms with Gasteiger partial charge in [-0.15, -0.1) is 0 Å². The molecule has 0 unspecified atom stereocenters. The number of hydrogen-bond donors (Lipinski definition) is 1. The molecular formula is C8H10FIN2. The van der Waals surface area contributed by atoms with Crippen molar-refractivity contribution in [1.82, 2.24) is 0 Å². The van der Waals surface area contributed by atoms with E-state index in [4.69, 9.17) is 5.73 Å². The SMILES string of the molecule is CN(C)c1cc(F)c(I)cc1N. The third kappa shape index (κ3) is 1.80. The van der Waals surface area contributed by atoms with E-state index < -0.39 is 0 Å². The summed E-state index contributed by atoms with van der Waals surface area (Å²) in [5.74, 6) is -0.228. The van der Waals surface area contributed by atoms with Crippen LogP contribution in [0.15, 0.2) is 12.1 Å². The second-order valence-corrected chi connectivity index (χ2v) is 3.88. The van der Waals surface area contributed by atoms with Crippen LogP contribution in [0.4, 0.5) is 15.8 Å². The van der Waals surface area contributed by atoms with Crippen molar-refractivity contribution in [3.63, 3.8) is 0 Å². The standard InChI is InChI=1S/C8H10FIN2/c1-12(2)8-3-5(9)6(10)4-7(8)11/h3-4H,11H2,1-2H3. The number of nitrogens with two attached hydrogens (primary N) is 1. The normalized spacial score (nSPS) is 10.0. The molecule has 1 rings (SSSR count).